The third-order valence-electron chi connectivity index (χ3n) is 3.08. The summed E-state index contributed by atoms with van der Waals surface area (Å²) in [5.74, 6) is -1.75. The van der Waals surface area contributed by atoms with E-state index in [9.17, 15) is 19.1 Å². The van der Waals surface area contributed by atoms with Crippen LogP contribution in [-0.2, 0) is 16.1 Å². The van der Waals surface area contributed by atoms with Crippen LogP contribution < -0.4 is 0 Å². The topological polar surface area (TPSA) is 87.1 Å². The summed E-state index contributed by atoms with van der Waals surface area (Å²) in [5, 5.41) is 18.1. The minimum atomic E-state index is -2.42. The van der Waals surface area contributed by atoms with Crippen molar-refractivity contribution in [2.45, 2.75) is 18.4 Å². The third kappa shape index (κ3) is 2.88. The number of amides is 1. The lowest BCUT2D eigenvalue weighted by molar-refractivity contribution is -0.171. The molecule has 1 aromatic rings. The molecule has 1 saturated heterocycles. The van der Waals surface area contributed by atoms with E-state index >= 15 is 0 Å². The van der Waals surface area contributed by atoms with Crippen molar-refractivity contribution in [1.29, 1.82) is 0 Å². The minimum absolute atomic E-state index is 0.0621. The molecule has 0 radical (unpaired) electrons. The Morgan fingerprint density at radius 2 is 1.95 bits per heavy atom. The summed E-state index contributed by atoms with van der Waals surface area (Å²) >= 11 is 0. The Balaban J connectivity index is 1.81. The first kappa shape index (κ1) is 14.3. The molecule has 1 heterocycles. The molecule has 108 valence electrons. The van der Waals surface area contributed by atoms with Crippen molar-refractivity contribution in [3.8, 4) is 0 Å². The van der Waals surface area contributed by atoms with Gasteiger partial charge >= 0.3 is 12.1 Å². The van der Waals surface area contributed by atoms with Gasteiger partial charge in [-0.05, 0) is 5.56 Å². The van der Waals surface area contributed by atoms with Crippen molar-refractivity contribution in [3.63, 3.8) is 0 Å². The summed E-state index contributed by atoms with van der Waals surface area (Å²) in [6.45, 7) is -0.727. The van der Waals surface area contributed by atoms with Crippen LogP contribution in [-0.4, -0.2) is 52.0 Å². The lowest BCUT2D eigenvalue weighted by atomic mass is 9.89. The number of ether oxygens (including phenoxy) is 1. The van der Waals surface area contributed by atoms with Crippen molar-refractivity contribution < 1.29 is 28.9 Å². The number of carboxylic acids is 1. The summed E-state index contributed by atoms with van der Waals surface area (Å²) in [6.07, 6.45) is -3.13. The van der Waals surface area contributed by atoms with Crippen LogP contribution in [0.25, 0.3) is 0 Å². The molecule has 2 N–H and O–H groups in total. The highest BCUT2D eigenvalue weighted by Gasteiger charge is 2.53. The fourth-order valence-corrected chi connectivity index (χ4v) is 1.94. The zero-order valence-electron chi connectivity index (χ0n) is 10.5. The van der Waals surface area contributed by atoms with Crippen LogP contribution in [0.2, 0.25) is 0 Å². The van der Waals surface area contributed by atoms with Gasteiger partial charge in [-0.1, -0.05) is 30.3 Å². The highest BCUT2D eigenvalue weighted by atomic mass is 19.1. The molecular formula is C13H14FNO5. The summed E-state index contributed by atoms with van der Waals surface area (Å²) in [7, 11) is 0. The SMILES string of the molecule is O=C(O)C(F)C1(O)CN(C(=O)OCc2ccccc2)C1. The normalized spacial score (nSPS) is 18.0. The van der Waals surface area contributed by atoms with E-state index < -0.39 is 36.9 Å². The maximum Gasteiger partial charge on any atom is 0.410 e. The molecule has 0 aliphatic carbocycles. The zero-order valence-corrected chi connectivity index (χ0v) is 10.5. The lowest BCUT2D eigenvalue weighted by Crippen LogP contribution is -2.69. The number of β-amino-alcohol motifs (C(OH)–C–C–N with tert-alkyl or cyclic N) is 1. The van der Waals surface area contributed by atoms with Gasteiger partial charge < -0.3 is 19.8 Å². The number of alkyl halides is 1. The Labute approximate surface area is 114 Å². The molecule has 1 amide bonds. The van der Waals surface area contributed by atoms with E-state index in [-0.39, 0.29) is 6.61 Å². The maximum atomic E-state index is 13.2. The number of hydrogen-bond donors (Lipinski definition) is 2. The number of aliphatic carboxylic acids is 1. The van der Waals surface area contributed by atoms with Gasteiger partial charge in [0, 0.05) is 0 Å². The molecule has 0 bridgehead atoms. The highest BCUT2D eigenvalue weighted by molar-refractivity contribution is 5.76. The molecule has 1 atom stereocenters. The number of halogens is 1. The number of carboxylic acid groups (broad SMARTS) is 1. The second-order valence-electron chi connectivity index (χ2n) is 4.70. The molecule has 6 nitrogen and oxygen atoms in total. The Morgan fingerprint density at radius 3 is 2.50 bits per heavy atom. The Hall–Kier alpha value is -2.15. The molecule has 0 saturated carbocycles. The van der Waals surface area contributed by atoms with Crippen LogP contribution in [0, 0.1) is 0 Å². The van der Waals surface area contributed by atoms with Gasteiger partial charge in [-0.3, -0.25) is 0 Å². The number of benzene rings is 1. The van der Waals surface area contributed by atoms with Gasteiger partial charge in [-0.15, -0.1) is 0 Å². The number of nitrogens with zero attached hydrogens (tertiary/aromatic N) is 1. The molecule has 1 fully saturated rings. The van der Waals surface area contributed by atoms with Crippen LogP contribution in [0.4, 0.5) is 9.18 Å². The molecule has 0 aromatic heterocycles. The molecule has 1 unspecified atom stereocenters. The van der Waals surface area contributed by atoms with E-state index in [2.05, 4.69) is 0 Å². The predicted octanol–water partition coefficient (Wildman–Crippen LogP) is 0.793. The standard InChI is InChI=1S/C13H14FNO5/c14-10(11(16)17)13(19)7-15(8-13)12(18)20-6-9-4-2-1-3-5-9/h1-5,10,19H,6-8H2,(H,16,17). The largest absolute Gasteiger partial charge is 0.479 e. The van der Waals surface area contributed by atoms with Crippen molar-refractivity contribution in [2.24, 2.45) is 0 Å². The molecule has 1 aliphatic rings. The van der Waals surface area contributed by atoms with E-state index in [0.717, 1.165) is 10.5 Å². The van der Waals surface area contributed by atoms with E-state index in [1.807, 2.05) is 6.07 Å². The van der Waals surface area contributed by atoms with Gasteiger partial charge in [0.2, 0.25) is 6.17 Å². The summed E-state index contributed by atoms with van der Waals surface area (Å²) in [4.78, 5) is 23.1. The second-order valence-corrected chi connectivity index (χ2v) is 4.70. The first-order chi connectivity index (χ1) is 9.42. The minimum Gasteiger partial charge on any atom is -0.479 e. The molecule has 1 aromatic carbocycles. The molecule has 7 heteroatoms. The summed E-state index contributed by atoms with van der Waals surface area (Å²) in [5.41, 5.74) is -1.23. The Bertz CT molecular complexity index is 501. The van der Waals surface area contributed by atoms with Crippen molar-refractivity contribution in [3.05, 3.63) is 35.9 Å². The molecule has 0 spiro atoms. The first-order valence-corrected chi connectivity index (χ1v) is 5.97. The van der Waals surface area contributed by atoms with Gasteiger partial charge in [-0.2, -0.15) is 0 Å². The van der Waals surface area contributed by atoms with Crippen molar-refractivity contribution >= 4 is 12.1 Å². The van der Waals surface area contributed by atoms with E-state index in [4.69, 9.17) is 9.84 Å². The summed E-state index contributed by atoms with van der Waals surface area (Å²) < 4.78 is 18.2. The maximum absolute atomic E-state index is 13.2. The molecule has 20 heavy (non-hydrogen) atoms. The number of hydrogen-bond acceptors (Lipinski definition) is 4. The number of carbonyl (C=O) groups excluding carboxylic acids is 1. The number of carbonyl (C=O) groups is 2. The van der Waals surface area contributed by atoms with Crippen LogP contribution in [0.5, 0.6) is 0 Å². The van der Waals surface area contributed by atoms with Gasteiger partial charge in [-0.25, -0.2) is 14.0 Å². The fraction of sp³-hybridized carbons (Fsp3) is 0.385. The lowest BCUT2D eigenvalue weighted by Gasteiger charge is -2.45. The second kappa shape index (κ2) is 5.46. The smallest absolute Gasteiger partial charge is 0.410 e. The Kier molecular flexibility index (Phi) is 3.89. The third-order valence-corrected chi connectivity index (χ3v) is 3.08. The van der Waals surface area contributed by atoms with Crippen molar-refractivity contribution in [2.75, 3.05) is 13.1 Å². The van der Waals surface area contributed by atoms with Crippen LogP contribution >= 0.6 is 0 Å². The zero-order chi connectivity index (χ0) is 14.8. The average molecular weight is 283 g/mol. The Morgan fingerprint density at radius 1 is 1.35 bits per heavy atom. The number of likely N-dealkylation sites (tertiary alicyclic amines) is 1. The van der Waals surface area contributed by atoms with Gasteiger partial charge in [0.25, 0.3) is 0 Å². The molecular weight excluding hydrogens is 269 g/mol. The van der Waals surface area contributed by atoms with Gasteiger partial charge in [0.05, 0.1) is 13.1 Å². The molecule has 2 rings (SSSR count). The highest BCUT2D eigenvalue weighted by Crippen LogP contribution is 2.27. The first-order valence-electron chi connectivity index (χ1n) is 5.97. The number of aliphatic hydroxyl groups is 1. The van der Waals surface area contributed by atoms with Crippen LogP contribution in [0.1, 0.15) is 5.56 Å². The summed E-state index contributed by atoms with van der Waals surface area (Å²) in [6, 6.07) is 8.98. The molecule has 1 aliphatic heterocycles. The fourth-order valence-electron chi connectivity index (χ4n) is 1.94. The monoisotopic (exact) mass is 283 g/mol. The number of rotatable bonds is 4. The predicted molar refractivity (Wildman–Crippen MR) is 65.7 cm³/mol. The van der Waals surface area contributed by atoms with Crippen LogP contribution in [0.3, 0.4) is 0 Å². The van der Waals surface area contributed by atoms with Crippen LogP contribution in [0.15, 0.2) is 30.3 Å². The van der Waals surface area contributed by atoms with Gasteiger partial charge in [0.15, 0.2) is 0 Å². The average Bonchev–Trinajstić information content (AvgIpc) is 2.41. The van der Waals surface area contributed by atoms with Gasteiger partial charge in [0.1, 0.15) is 12.2 Å². The van der Waals surface area contributed by atoms with E-state index in [1.54, 1.807) is 24.3 Å². The van der Waals surface area contributed by atoms with E-state index in [0.29, 0.717) is 0 Å². The van der Waals surface area contributed by atoms with E-state index in [1.165, 1.54) is 0 Å². The quantitative estimate of drug-likeness (QED) is 0.853. The van der Waals surface area contributed by atoms with Crippen molar-refractivity contribution in [1.82, 2.24) is 4.90 Å².